The molecule has 6 nitrogen and oxygen atoms in total. The molecule has 0 aliphatic carbocycles. The van der Waals surface area contributed by atoms with Crippen molar-refractivity contribution >= 4 is 23.4 Å². The van der Waals surface area contributed by atoms with Crippen molar-refractivity contribution in [3.63, 3.8) is 0 Å². The topological polar surface area (TPSA) is 93.2 Å². The van der Waals surface area contributed by atoms with Gasteiger partial charge in [0, 0.05) is 22.3 Å². The number of rotatable bonds is 7. The largest absolute Gasteiger partial charge is 0.468 e. The zero-order valence-electron chi connectivity index (χ0n) is 13.5. The van der Waals surface area contributed by atoms with Crippen LogP contribution in [0.2, 0.25) is 0 Å². The number of ether oxygens (including phenoxy) is 1. The maximum atomic E-state index is 11.8. The van der Waals surface area contributed by atoms with Crippen molar-refractivity contribution in [3.05, 3.63) is 70.3 Å². The normalized spacial score (nSPS) is 12.6. The van der Waals surface area contributed by atoms with Gasteiger partial charge in [-0.25, -0.2) is 0 Å². The molecule has 0 heterocycles. The summed E-state index contributed by atoms with van der Waals surface area (Å²) in [5.74, 6) is -1.44. The van der Waals surface area contributed by atoms with Gasteiger partial charge in [-0.1, -0.05) is 30.3 Å². The van der Waals surface area contributed by atoms with Gasteiger partial charge in [-0.2, -0.15) is 5.26 Å². The number of non-ortho nitro benzene ring substituents is 1. The SMILES string of the molecule is COC(=O)C(C#N)CC(Sc1ccc([N+](=O)[O-])cc1)c1ccccc1. The van der Waals surface area contributed by atoms with Crippen LogP contribution in [0.1, 0.15) is 17.2 Å². The first-order valence-electron chi connectivity index (χ1n) is 7.48. The molecule has 2 aromatic carbocycles. The van der Waals surface area contributed by atoms with Gasteiger partial charge in [-0.05, 0) is 24.1 Å². The minimum absolute atomic E-state index is 0.0186. The molecular weight excluding hydrogens is 340 g/mol. The fourth-order valence-electron chi connectivity index (χ4n) is 2.29. The van der Waals surface area contributed by atoms with Gasteiger partial charge in [0.1, 0.15) is 5.92 Å². The van der Waals surface area contributed by atoms with Crippen LogP contribution in [-0.2, 0) is 9.53 Å². The number of esters is 1. The Balaban J connectivity index is 2.24. The molecule has 0 N–H and O–H groups in total. The molecule has 0 fully saturated rings. The van der Waals surface area contributed by atoms with E-state index in [1.807, 2.05) is 36.4 Å². The number of carbonyl (C=O) groups is 1. The van der Waals surface area contributed by atoms with Crippen LogP contribution in [0.3, 0.4) is 0 Å². The standard InChI is InChI=1S/C18H16N2O4S/c1-24-18(21)14(12-19)11-17(13-5-3-2-4-6-13)25-16-9-7-15(8-10-16)20(22)23/h2-10,14,17H,11H2,1H3. The van der Waals surface area contributed by atoms with Gasteiger partial charge in [-0.3, -0.25) is 14.9 Å². The Kier molecular flexibility index (Phi) is 6.54. The van der Waals surface area contributed by atoms with E-state index < -0.39 is 16.8 Å². The average Bonchev–Trinajstić information content (AvgIpc) is 2.65. The van der Waals surface area contributed by atoms with E-state index in [-0.39, 0.29) is 17.4 Å². The van der Waals surface area contributed by atoms with E-state index in [0.717, 1.165) is 10.5 Å². The van der Waals surface area contributed by atoms with Crippen molar-refractivity contribution in [2.75, 3.05) is 7.11 Å². The van der Waals surface area contributed by atoms with Crippen molar-refractivity contribution < 1.29 is 14.5 Å². The molecule has 0 aliphatic heterocycles. The molecule has 0 saturated heterocycles. The van der Waals surface area contributed by atoms with Crippen LogP contribution in [0.4, 0.5) is 5.69 Å². The lowest BCUT2D eigenvalue weighted by Gasteiger charge is -2.19. The monoisotopic (exact) mass is 356 g/mol. The molecule has 0 radical (unpaired) electrons. The summed E-state index contributed by atoms with van der Waals surface area (Å²) < 4.78 is 4.69. The number of benzene rings is 2. The van der Waals surface area contributed by atoms with Gasteiger partial charge < -0.3 is 4.74 Å². The quantitative estimate of drug-likeness (QED) is 0.320. The number of thioether (sulfide) groups is 1. The summed E-state index contributed by atoms with van der Waals surface area (Å²) in [5.41, 5.74) is 0.986. The predicted octanol–water partition coefficient (Wildman–Crippen LogP) is 4.13. The predicted molar refractivity (Wildman–Crippen MR) is 93.9 cm³/mol. The summed E-state index contributed by atoms with van der Waals surface area (Å²) in [6.07, 6.45) is 0.287. The minimum Gasteiger partial charge on any atom is -0.468 e. The molecule has 0 spiro atoms. The highest BCUT2D eigenvalue weighted by atomic mass is 32.2. The molecule has 25 heavy (non-hydrogen) atoms. The number of nitrogens with zero attached hydrogens (tertiary/aromatic N) is 2. The maximum Gasteiger partial charge on any atom is 0.323 e. The lowest BCUT2D eigenvalue weighted by molar-refractivity contribution is -0.384. The van der Waals surface area contributed by atoms with Crippen LogP contribution in [0, 0.1) is 27.4 Å². The highest BCUT2D eigenvalue weighted by molar-refractivity contribution is 7.99. The van der Waals surface area contributed by atoms with E-state index in [2.05, 4.69) is 4.74 Å². The molecule has 0 aromatic heterocycles. The number of hydrogen-bond acceptors (Lipinski definition) is 6. The molecule has 2 aromatic rings. The lowest BCUT2D eigenvalue weighted by Crippen LogP contribution is -2.16. The van der Waals surface area contributed by atoms with Gasteiger partial charge >= 0.3 is 5.97 Å². The van der Waals surface area contributed by atoms with Crippen LogP contribution in [-0.4, -0.2) is 18.0 Å². The van der Waals surface area contributed by atoms with Crippen molar-refractivity contribution in [1.29, 1.82) is 5.26 Å². The number of nitro benzene ring substituents is 1. The number of methoxy groups -OCH3 is 1. The minimum atomic E-state index is -0.874. The Bertz CT molecular complexity index is 772. The van der Waals surface area contributed by atoms with Crippen LogP contribution in [0.5, 0.6) is 0 Å². The molecule has 7 heteroatoms. The fraction of sp³-hybridized carbons (Fsp3) is 0.222. The third kappa shape index (κ3) is 5.06. The van der Waals surface area contributed by atoms with Crippen LogP contribution >= 0.6 is 11.8 Å². The number of nitriles is 1. The summed E-state index contributed by atoms with van der Waals surface area (Å²) in [4.78, 5) is 22.9. The van der Waals surface area contributed by atoms with E-state index in [0.29, 0.717) is 0 Å². The molecular formula is C18H16N2O4S. The van der Waals surface area contributed by atoms with Gasteiger partial charge in [0.15, 0.2) is 0 Å². The van der Waals surface area contributed by atoms with Crippen molar-refractivity contribution in [1.82, 2.24) is 0 Å². The van der Waals surface area contributed by atoms with E-state index in [9.17, 15) is 20.2 Å². The number of nitro groups is 1. The van der Waals surface area contributed by atoms with Gasteiger partial charge in [0.2, 0.25) is 0 Å². The van der Waals surface area contributed by atoms with E-state index in [1.165, 1.54) is 31.0 Å². The number of carbonyl (C=O) groups excluding carboxylic acids is 1. The molecule has 0 amide bonds. The Morgan fingerprint density at radius 3 is 2.40 bits per heavy atom. The van der Waals surface area contributed by atoms with Crippen molar-refractivity contribution in [3.8, 4) is 6.07 Å². The molecule has 0 saturated carbocycles. The highest BCUT2D eigenvalue weighted by Crippen LogP contribution is 2.40. The second-order valence-corrected chi connectivity index (χ2v) is 6.48. The van der Waals surface area contributed by atoms with Crippen LogP contribution in [0.15, 0.2) is 59.5 Å². The first kappa shape index (κ1) is 18.5. The zero-order chi connectivity index (χ0) is 18.2. The first-order valence-corrected chi connectivity index (χ1v) is 8.36. The van der Waals surface area contributed by atoms with Crippen LogP contribution < -0.4 is 0 Å². The van der Waals surface area contributed by atoms with Crippen LogP contribution in [0.25, 0.3) is 0 Å². The second kappa shape index (κ2) is 8.85. The number of hydrogen-bond donors (Lipinski definition) is 0. The average molecular weight is 356 g/mol. The maximum absolute atomic E-state index is 11.8. The third-order valence-corrected chi connectivity index (χ3v) is 4.88. The summed E-state index contributed by atoms with van der Waals surface area (Å²) >= 11 is 1.45. The highest BCUT2D eigenvalue weighted by Gasteiger charge is 2.25. The first-order chi connectivity index (χ1) is 12.0. The second-order valence-electron chi connectivity index (χ2n) is 5.21. The van der Waals surface area contributed by atoms with E-state index in [4.69, 9.17) is 0 Å². The van der Waals surface area contributed by atoms with Gasteiger partial charge in [0.05, 0.1) is 18.1 Å². The summed E-state index contributed by atoms with van der Waals surface area (Å²) in [5, 5.41) is 19.9. The molecule has 2 rings (SSSR count). The third-order valence-electron chi connectivity index (χ3n) is 3.59. The summed E-state index contributed by atoms with van der Waals surface area (Å²) in [6.45, 7) is 0. The smallest absolute Gasteiger partial charge is 0.323 e. The van der Waals surface area contributed by atoms with Crippen molar-refractivity contribution in [2.24, 2.45) is 5.92 Å². The van der Waals surface area contributed by atoms with Crippen molar-refractivity contribution in [2.45, 2.75) is 16.6 Å². The molecule has 128 valence electrons. The Morgan fingerprint density at radius 2 is 1.88 bits per heavy atom. The van der Waals surface area contributed by atoms with Gasteiger partial charge in [-0.15, -0.1) is 11.8 Å². The fourth-order valence-corrected chi connectivity index (χ4v) is 3.49. The Morgan fingerprint density at radius 1 is 1.24 bits per heavy atom. The van der Waals surface area contributed by atoms with E-state index >= 15 is 0 Å². The molecule has 0 bridgehead atoms. The lowest BCUT2D eigenvalue weighted by atomic mass is 10.0. The molecule has 2 atom stereocenters. The van der Waals surface area contributed by atoms with E-state index in [1.54, 1.807) is 12.1 Å². The molecule has 2 unspecified atom stereocenters. The summed E-state index contributed by atoms with van der Waals surface area (Å²) in [6, 6.07) is 17.7. The Labute approximate surface area is 149 Å². The molecule has 0 aliphatic rings. The summed E-state index contributed by atoms with van der Waals surface area (Å²) in [7, 11) is 1.26. The Hall–Kier alpha value is -2.85. The van der Waals surface area contributed by atoms with Gasteiger partial charge in [0.25, 0.3) is 5.69 Å². The zero-order valence-corrected chi connectivity index (χ0v) is 14.3.